The molecule has 3 fully saturated rings. The van der Waals surface area contributed by atoms with Crippen LogP contribution in [0, 0.1) is 11.8 Å². The molecule has 8 rings (SSSR count). The normalized spacial score (nSPS) is 24.1. The fraction of sp³-hybridized carbons (Fsp3) is 0.691. The van der Waals surface area contributed by atoms with E-state index in [9.17, 15) is 33.7 Å². The van der Waals surface area contributed by atoms with Gasteiger partial charge in [0.05, 0.1) is 38.2 Å². The number of ether oxygens (including phenoxy) is 3. The number of ketones is 2. The lowest BCUT2D eigenvalue weighted by molar-refractivity contribution is -0.151. The molecule has 4 aromatic heterocycles. The van der Waals surface area contributed by atoms with E-state index in [0.717, 1.165) is 74.9 Å². The molecule has 13 atom stereocenters. The monoisotopic (exact) mass is 1490 g/mol. The molecule has 101 heavy (non-hydrogen) atoms. The minimum Gasteiger partial charge on any atom is -0.462 e. The molecule has 0 bridgehead atoms. The van der Waals surface area contributed by atoms with Gasteiger partial charge >= 0.3 is 25.5 Å². The summed E-state index contributed by atoms with van der Waals surface area (Å²) in [4.78, 5) is 115. The number of primary amides is 1. The molecule has 1 aromatic carbocycles. The standard InChI is InChI=1S/C68H102F2N12O15P2S2/c1-5-7-9-11-13-15-16-18-20-22-24-28-54(85)93-48(26-23-21-19-17-14-12-10-8-6-2)35-47(83)36-49(44(3)4)64(86)80-50(27-25-33-73-68(72)88)51(84)34-45-29-31-46(32-30-45)39-101-99(90)92-38-53-59(55(69)66(95-53)81-42-78-57-61(71)74-40-75-62(57)81)96-98(89,100)91-37-52-60(97-99)56(70)67(94-52)82-43-79-58-63(82)76-41-77-65(58)87/h29-32,40-44,48-50,52-53,55-56,59-60,66-67H,5-28,33-39H2,1-4H3,(H,80,86)(H,89,100)(H2,71,74,75)(H3,72,73,88)(H,76,77,87)/t48?,49-,50-,52+,53+,55+,56+,59+,60+,66+,67+,98?,99?/m0/s1. The van der Waals surface area contributed by atoms with Crippen molar-refractivity contribution in [1.82, 2.24) is 49.7 Å². The molecule has 3 saturated heterocycles. The summed E-state index contributed by atoms with van der Waals surface area (Å²) in [5, 5.41) is 5.46. The number of aromatic nitrogens is 8. The van der Waals surface area contributed by atoms with Crippen LogP contribution in [0.4, 0.5) is 19.4 Å². The number of carbonyl (C=O) groups excluding carboxylic acids is 5. The quantitative estimate of drug-likeness (QED) is 0.0120. The number of unbranched alkanes of at least 4 members (excludes halogenated alkanes) is 18. The van der Waals surface area contributed by atoms with Crippen molar-refractivity contribution in [3.05, 3.63) is 71.1 Å². The van der Waals surface area contributed by atoms with Crippen LogP contribution in [0.1, 0.15) is 218 Å². The number of nitrogens with zero attached hydrogens (tertiary/aromatic N) is 7. The summed E-state index contributed by atoms with van der Waals surface area (Å²) in [5.74, 6) is -2.68. The third kappa shape index (κ3) is 24.4. The summed E-state index contributed by atoms with van der Waals surface area (Å²) in [5.41, 5.74) is 11.8. The number of aromatic amines is 1. The number of nitrogens with two attached hydrogens (primary N) is 2. The Hall–Kier alpha value is -5.72. The zero-order valence-electron chi connectivity index (χ0n) is 58.4. The number of halogens is 2. The number of carbonyl (C=O) groups is 5. The second kappa shape index (κ2) is 40.5. The van der Waals surface area contributed by atoms with Crippen molar-refractivity contribution in [2.75, 3.05) is 25.5 Å². The molecule has 3 aliphatic heterocycles. The summed E-state index contributed by atoms with van der Waals surface area (Å²) in [6.45, 7) is -2.43. The highest BCUT2D eigenvalue weighted by Gasteiger charge is 2.55. The second-order valence-corrected chi connectivity index (χ2v) is 33.7. The van der Waals surface area contributed by atoms with E-state index in [-0.39, 0.29) is 102 Å². The molecule has 7 heterocycles. The van der Waals surface area contributed by atoms with Gasteiger partial charge in [-0.1, -0.05) is 168 Å². The molecule has 0 aliphatic carbocycles. The molecule has 560 valence electrons. The smallest absolute Gasteiger partial charge is 0.389 e. The first-order valence-corrected chi connectivity index (χ1v) is 41.6. The maximum Gasteiger partial charge on any atom is 0.389 e. The van der Waals surface area contributed by atoms with E-state index in [0.29, 0.717) is 28.9 Å². The largest absolute Gasteiger partial charge is 0.462 e. The molecule has 5 aromatic rings. The lowest BCUT2D eigenvalue weighted by Gasteiger charge is -2.30. The number of nitrogens with one attached hydrogen (secondary N) is 3. The second-order valence-electron chi connectivity index (χ2n) is 26.8. The Bertz CT molecular complexity index is 3630. The summed E-state index contributed by atoms with van der Waals surface area (Å²) in [7, 11) is 0. The molecule has 3 aliphatic rings. The van der Waals surface area contributed by atoms with Gasteiger partial charge in [-0.25, -0.2) is 43.1 Å². The van der Waals surface area contributed by atoms with E-state index in [1.807, 2.05) is 13.8 Å². The van der Waals surface area contributed by atoms with Gasteiger partial charge in [-0.05, 0) is 72.3 Å². The number of esters is 1. The number of imidazole rings is 2. The van der Waals surface area contributed by atoms with Crippen molar-refractivity contribution in [2.24, 2.45) is 17.6 Å². The van der Waals surface area contributed by atoms with Gasteiger partial charge in [0, 0.05) is 43.9 Å². The zero-order chi connectivity index (χ0) is 72.5. The van der Waals surface area contributed by atoms with Crippen LogP contribution >= 0.6 is 24.9 Å². The summed E-state index contributed by atoms with van der Waals surface area (Å²) in [6, 6.07) is 4.83. The van der Waals surface area contributed by atoms with E-state index in [4.69, 9.17) is 55.6 Å². The molecule has 0 spiro atoms. The number of anilines is 1. The average molecular weight is 1490 g/mol. The maximum absolute atomic E-state index is 17.2. The van der Waals surface area contributed by atoms with Gasteiger partial charge in [0.1, 0.15) is 48.1 Å². The summed E-state index contributed by atoms with van der Waals surface area (Å²) < 4.78 is 93.9. The lowest BCUT2D eigenvalue weighted by atomic mass is 9.87. The number of benzene rings is 1. The van der Waals surface area contributed by atoms with Crippen LogP contribution in [0.2, 0.25) is 0 Å². The predicted molar refractivity (Wildman–Crippen MR) is 382 cm³/mol. The first kappa shape index (κ1) is 81.0. The van der Waals surface area contributed by atoms with Gasteiger partial charge in [-0.2, -0.15) is 0 Å². The third-order valence-electron chi connectivity index (χ3n) is 18.6. The van der Waals surface area contributed by atoms with Crippen LogP contribution in [0.25, 0.3) is 22.3 Å². The maximum atomic E-state index is 17.2. The number of urea groups is 1. The Labute approximate surface area is 597 Å². The van der Waals surface area contributed by atoms with Gasteiger partial charge in [0.25, 0.3) is 5.56 Å². The minimum absolute atomic E-state index is 0.00310. The Morgan fingerprint density at radius 2 is 1.29 bits per heavy atom. The molecule has 0 radical (unpaired) electrons. The fourth-order valence-corrected chi connectivity index (χ4v) is 17.7. The van der Waals surface area contributed by atoms with Crippen LogP contribution in [0.5, 0.6) is 0 Å². The molecule has 27 nitrogen and oxygen atoms in total. The van der Waals surface area contributed by atoms with Crippen molar-refractivity contribution in [2.45, 2.75) is 268 Å². The van der Waals surface area contributed by atoms with E-state index < -0.39 is 112 Å². The zero-order valence-corrected chi connectivity index (χ0v) is 61.8. The number of nitrogen functional groups attached to an aromatic ring is 1. The van der Waals surface area contributed by atoms with Crippen molar-refractivity contribution < 1.29 is 74.5 Å². The first-order valence-electron chi connectivity index (χ1n) is 35.9. The van der Waals surface area contributed by atoms with Gasteiger partial charge in [-0.15, -0.1) is 0 Å². The average Bonchev–Trinajstić information content (AvgIpc) is 1.62. The van der Waals surface area contributed by atoms with E-state index in [1.54, 1.807) is 24.3 Å². The number of amides is 3. The SMILES string of the molecule is CCCCCCCCCCCCCC(=O)OC(CCCCCCCCCCC)CC(=O)C[C@H](C(=O)N[C@@H](CCCNC(N)=O)C(=O)Cc1ccc(CSP2(=O)OC[C@H]3O[C@@H](n4cnc5c(N)ncnc54)[C@H](F)[C@@H]3OP(O)(=S)OC[C@H]3O[C@@H](n4cnc5c(=O)[nH]cnc54)[C@H](F)[C@@H]3O2)cc1)C(C)C. The summed E-state index contributed by atoms with van der Waals surface area (Å²) >= 11 is 6.00. The number of Topliss-reactive ketones (excluding diaryl/α,β-unsaturated/α-hetero) is 2. The van der Waals surface area contributed by atoms with Gasteiger partial charge in [0.2, 0.25) is 5.91 Å². The molecule has 3 amide bonds. The number of H-pyrrole nitrogens is 1. The number of fused-ring (bicyclic) bond motifs is 4. The summed E-state index contributed by atoms with van der Waals surface area (Å²) in [6.07, 6.45) is 13.5. The Kier molecular flexibility index (Phi) is 32.5. The van der Waals surface area contributed by atoms with Crippen LogP contribution in [0.15, 0.2) is 54.4 Å². The van der Waals surface area contributed by atoms with E-state index in [1.165, 1.54) is 87.9 Å². The van der Waals surface area contributed by atoms with Gasteiger partial charge in [0.15, 0.2) is 53.2 Å². The molecular formula is C68H102F2N12O15P2S2. The number of rotatable bonds is 42. The first-order chi connectivity index (χ1) is 48.6. The van der Waals surface area contributed by atoms with Gasteiger partial charge < -0.3 is 50.7 Å². The topological polar surface area (TPSA) is 371 Å². The minimum atomic E-state index is -4.68. The Morgan fingerprint density at radius 1 is 0.733 bits per heavy atom. The molecule has 8 N–H and O–H groups in total. The van der Waals surface area contributed by atoms with Crippen LogP contribution < -0.4 is 27.7 Å². The van der Waals surface area contributed by atoms with Crippen molar-refractivity contribution in [1.29, 1.82) is 0 Å². The molecule has 3 unspecified atom stereocenters. The molecular weight excluding hydrogens is 1390 g/mol. The molecule has 33 heteroatoms. The van der Waals surface area contributed by atoms with Crippen LogP contribution in [0.3, 0.4) is 0 Å². The van der Waals surface area contributed by atoms with Crippen molar-refractivity contribution >= 4 is 94.3 Å². The van der Waals surface area contributed by atoms with Crippen molar-refractivity contribution in [3.8, 4) is 0 Å². The predicted octanol–water partition coefficient (Wildman–Crippen LogP) is 12.3. The number of hydrogen-bond donors (Lipinski definition) is 6. The molecule has 0 saturated carbocycles. The highest BCUT2D eigenvalue weighted by molar-refractivity contribution is 8.54. The van der Waals surface area contributed by atoms with Crippen LogP contribution in [-0.4, -0.2) is 142 Å². The number of hydrogen-bond acceptors (Lipinski definition) is 22. The fourth-order valence-electron chi connectivity index (χ4n) is 12.8. The Morgan fingerprint density at radius 3 is 1.89 bits per heavy atom. The highest BCUT2D eigenvalue weighted by Crippen LogP contribution is 2.65. The lowest BCUT2D eigenvalue weighted by Crippen LogP contribution is -2.46. The highest BCUT2D eigenvalue weighted by atomic mass is 32.7. The van der Waals surface area contributed by atoms with E-state index >= 15 is 13.3 Å². The third-order valence-corrected chi connectivity index (χ3v) is 23.8. The van der Waals surface area contributed by atoms with Gasteiger partial charge in [-0.3, -0.25) is 46.7 Å². The number of alkyl halides is 2. The van der Waals surface area contributed by atoms with Crippen LogP contribution in [-0.2, 0) is 80.0 Å². The van der Waals surface area contributed by atoms with E-state index in [2.05, 4.69) is 54.4 Å². The van der Waals surface area contributed by atoms with Crippen molar-refractivity contribution in [3.63, 3.8) is 0 Å². The Balaban J connectivity index is 0.926.